The van der Waals surface area contributed by atoms with E-state index in [0.717, 1.165) is 10.2 Å². The highest BCUT2D eigenvalue weighted by atomic mass is 79.9. The number of rotatable bonds is 2. The van der Waals surface area contributed by atoms with Gasteiger partial charge in [-0.25, -0.2) is 0 Å². The van der Waals surface area contributed by atoms with Crippen LogP contribution >= 0.6 is 15.9 Å². The summed E-state index contributed by atoms with van der Waals surface area (Å²) in [7, 11) is 3.95. The van der Waals surface area contributed by atoms with Crippen LogP contribution in [0.3, 0.4) is 0 Å². The molecule has 0 aliphatic carbocycles. The van der Waals surface area contributed by atoms with E-state index in [2.05, 4.69) is 22.5 Å². The van der Waals surface area contributed by atoms with Gasteiger partial charge in [-0.3, -0.25) is 0 Å². The molecule has 9 heavy (non-hydrogen) atoms. The van der Waals surface area contributed by atoms with E-state index in [4.69, 9.17) is 0 Å². The van der Waals surface area contributed by atoms with Crippen LogP contribution in [0.1, 0.15) is 6.92 Å². The fourth-order valence-corrected chi connectivity index (χ4v) is 0.723. The first-order valence-corrected chi connectivity index (χ1v) is 3.53. The Kier molecular flexibility index (Phi) is 3.62. The molecule has 52 valence electrons. The van der Waals surface area contributed by atoms with E-state index in [1.54, 1.807) is 0 Å². The molecule has 0 aromatic carbocycles. The molecule has 0 spiro atoms. The maximum Gasteiger partial charge on any atom is 0.0803 e. The topological polar surface area (TPSA) is 3.24 Å². The van der Waals surface area contributed by atoms with E-state index in [1.165, 1.54) is 0 Å². The summed E-state index contributed by atoms with van der Waals surface area (Å²) in [5, 5.41) is 0. The van der Waals surface area contributed by atoms with Crippen LogP contribution in [0.4, 0.5) is 0 Å². The minimum Gasteiger partial charge on any atom is -0.372 e. The molecule has 0 saturated carbocycles. The van der Waals surface area contributed by atoms with E-state index < -0.39 is 0 Å². The minimum atomic E-state index is 1.05. The van der Waals surface area contributed by atoms with Gasteiger partial charge in [0.15, 0.2) is 0 Å². The normalized spacial score (nSPS) is 11.3. The summed E-state index contributed by atoms with van der Waals surface area (Å²) >= 11 is 3.37. The van der Waals surface area contributed by atoms with Crippen LogP contribution in [0, 0.1) is 0 Å². The molecule has 2 heteroatoms. The molecule has 0 rings (SSSR count). The molecule has 0 saturated heterocycles. The highest BCUT2D eigenvalue weighted by Gasteiger charge is 1.90. The predicted molar refractivity (Wildman–Crippen MR) is 45.5 cm³/mol. The van der Waals surface area contributed by atoms with Gasteiger partial charge in [0.1, 0.15) is 0 Å². The maximum atomic E-state index is 3.74. The lowest BCUT2D eigenvalue weighted by atomic mass is 10.3. The summed E-state index contributed by atoms with van der Waals surface area (Å²) in [5.41, 5.74) is 1.05. The average Bonchev–Trinajstić information content (AvgIpc) is 1.63. The van der Waals surface area contributed by atoms with Gasteiger partial charge in [0.2, 0.25) is 0 Å². The van der Waals surface area contributed by atoms with Crippen molar-refractivity contribution in [3.05, 3.63) is 22.8 Å². The second kappa shape index (κ2) is 3.72. The van der Waals surface area contributed by atoms with Gasteiger partial charge in [0.05, 0.1) is 4.61 Å². The van der Waals surface area contributed by atoms with Crippen molar-refractivity contribution in [1.29, 1.82) is 0 Å². The highest BCUT2D eigenvalue weighted by molar-refractivity contribution is 9.11. The molecule has 0 fully saturated rings. The zero-order chi connectivity index (χ0) is 7.44. The standard InChI is InChI=1S/C7H12BrN/c1-6(2)5-7(8)9(3)4/h5H,1H2,2-4H3/b7-5-. The quantitative estimate of drug-likeness (QED) is 0.477. The van der Waals surface area contributed by atoms with Gasteiger partial charge >= 0.3 is 0 Å². The second-order valence-corrected chi connectivity index (χ2v) is 3.02. The Balaban J connectivity index is 4.00. The lowest BCUT2D eigenvalue weighted by Gasteiger charge is -2.09. The Labute approximate surface area is 65.2 Å². The summed E-state index contributed by atoms with van der Waals surface area (Å²) in [5.74, 6) is 0. The molecule has 0 atom stereocenters. The van der Waals surface area contributed by atoms with Crippen molar-refractivity contribution in [2.45, 2.75) is 6.92 Å². The van der Waals surface area contributed by atoms with Crippen molar-refractivity contribution in [1.82, 2.24) is 4.90 Å². The summed E-state index contributed by atoms with van der Waals surface area (Å²) in [6.45, 7) is 5.71. The fourth-order valence-electron chi connectivity index (χ4n) is 0.332. The lowest BCUT2D eigenvalue weighted by molar-refractivity contribution is 0.553. The predicted octanol–water partition coefficient (Wildman–Crippen LogP) is 2.36. The van der Waals surface area contributed by atoms with Gasteiger partial charge in [-0.1, -0.05) is 12.2 Å². The van der Waals surface area contributed by atoms with E-state index in [9.17, 15) is 0 Å². The molecule has 0 bridgehead atoms. The zero-order valence-corrected chi connectivity index (χ0v) is 7.70. The first kappa shape index (κ1) is 8.76. The van der Waals surface area contributed by atoms with Gasteiger partial charge in [-0.2, -0.15) is 0 Å². The molecular weight excluding hydrogens is 178 g/mol. The Morgan fingerprint density at radius 3 is 2.11 bits per heavy atom. The Morgan fingerprint density at radius 1 is 1.56 bits per heavy atom. The van der Waals surface area contributed by atoms with Crippen molar-refractivity contribution in [3.63, 3.8) is 0 Å². The lowest BCUT2D eigenvalue weighted by Crippen LogP contribution is -2.05. The van der Waals surface area contributed by atoms with E-state index in [0.29, 0.717) is 0 Å². The zero-order valence-electron chi connectivity index (χ0n) is 6.11. The van der Waals surface area contributed by atoms with Crippen LogP contribution in [0.25, 0.3) is 0 Å². The van der Waals surface area contributed by atoms with Crippen LogP contribution in [-0.4, -0.2) is 19.0 Å². The highest BCUT2D eigenvalue weighted by Crippen LogP contribution is 2.09. The Morgan fingerprint density at radius 2 is 2.00 bits per heavy atom. The fraction of sp³-hybridized carbons (Fsp3) is 0.429. The summed E-state index contributed by atoms with van der Waals surface area (Å²) in [4.78, 5) is 1.98. The van der Waals surface area contributed by atoms with E-state index in [1.807, 2.05) is 32.0 Å². The molecule has 0 aromatic rings. The SMILES string of the molecule is C=C(C)/C=C(/Br)N(C)C. The molecule has 0 aliphatic heterocycles. The van der Waals surface area contributed by atoms with Crippen molar-refractivity contribution in [3.8, 4) is 0 Å². The summed E-state index contributed by atoms with van der Waals surface area (Å²) < 4.78 is 1.05. The summed E-state index contributed by atoms with van der Waals surface area (Å²) in [6.07, 6.45) is 1.97. The molecule has 0 aromatic heterocycles. The van der Waals surface area contributed by atoms with Crippen LogP contribution in [0.5, 0.6) is 0 Å². The van der Waals surface area contributed by atoms with Gasteiger partial charge in [-0.15, -0.1) is 0 Å². The molecule has 0 radical (unpaired) electrons. The van der Waals surface area contributed by atoms with E-state index in [-0.39, 0.29) is 0 Å². The van der Waals surface area contributed by atoms with Crippen LogP contribution in [-0.2, 0) is 0 Å². The van der Waals surface area contributed by atoms with Gasteiger partial charge in [0, 0.05) is 14.1 Å². The summed E-state index contributed by atoms with van der Waals surface area (Å²) in [6, 6.07) is 0. The molecule has 0 unspecified atom stereocenters. The second-order valence-electron chi connectivity index (χ2n) is 2.21. The average molecular weight is 190 g/mol. The largest absolute Gasteiger partial charge is 0.372 e. The molecule has 1 nitrogen and oxygen atoms in total. The van der Waals surface area contributed by atoms with Crippen LogP contribution in [0.15, 0.2) is 22.8 Å². The molecular formula is C7H12BrN. The van der Waals surface area contributed by atoms with Crippen molar-refractivity contribution in [2.24, 2.45) is 0 Å². The van der Waals surface area contributed by atoms with Crippen LogP contribution < -0.4 is 0 Å². The van der Waals surface area contributed by atoms with Crippen LogP contribution in [0.2, 0.25) is 0 Å². The molecule has 0 heterocycles. The number of hydrogen-bond acceptors (Lipinski definition) is 1. The van der Waals surface area contributed by atoms with Crippen molar-refractivity contribution >= 4 is 15.9 Å². The Bertz CT molecular complexity index is 136. The van der Waals surface area contributed by atoms with Gasteiger partial charge in [-0.05, 0) is 28.9 Å². The minimum absolute atomic E-state index is 1.05. The number of nitrogens with zero attached hydrogens (tertiary/aromatic N) is 1. The smallest absolute Gasteiger partial charge is 0.0803 e. The third-order valence-electron chi connectivity index (χ3n) is 0.793. The molecule has 0 N–H and O–H groups in total. The third-order valence-corrected chi connectivity index (χ3v) is 1.73. The van der Waals surface area contributed by atoms with Gasteiger partial charge < -0.3 is 4.90 Å². The van der Waals surface area contributed by atoms with E-state index >= 15 is 0 Å². The van der Waals surface area contributed by atoms with Gasteiger partial charge in [0.25, 0.3) is 0 Å². The number of allylic oxidation sites excluding steroid dienone is 2. The number of halogens is 1. The van der Waals surface area contributed by atoms with Crippen molar-refractivity contribution < 1.29 is 0 Å². The third kappa shape index (κ3) is 4.28. The molecule has 0 aliphatic rings. The number of hydrogen-bond donors (Lipinski definition) is 0. The van der Waals surface area contributed by atoms with Crippen molar-refractivity contribution in [2.75, 3.05) is 14.1 Å². The maximum absolute atomic E-state index is 3.74. The Hall–Kier alpha value is -0.240. The first-order chi connectivity index (χ1) is 4.04. The molecule has 0 amide bonds. The first-order valence-electron chi connectivity index (χ1n) is 2.74. The monoisotopic (exact) mass is 189 g/mol.